The summed E-state index contributed by atoms with van der Waals surface area (Å²) in [6, 6.07) is 0.0523. The van der Waals surface area contributed by atoms with E-state index in [4.69, 9.17) is 4.74 Å². The molecule has 0 aromatic heterocycles. The zero-order valence-corrected chi connectivity index (χ0v) is 11.5. The Morgan fingerprint density at radius 1 is 1.33 bits per heavy atom. The number of carbonyl (C=O) groups is 1. The molecule has 0 radical (unpaired) electrons. The van der Waals surface area contributed by atoms with E-state index in [1.165, 1.54) is 25.7 Å². The molecule has 0 aromatic carbocycles. The van der Waals surface area contributed by atoms with Gasteiger partial charge in [-0.15, -0.1) is 0 Å². The Kier molecular flexibility index (Phi) is 5.45. The first kappa shape index (κ1) is 13.8. The summed E-state index contributed by atoms with van der Waals surface area (Å²) < 4.78 is 5.82. The van der Waals surface area contributed by atoms with Crippen molar-refractivity contribution in [3.8, 4) is 0 Å². The minimum atomic E-state index is 0.0523. The quantitative estimate of drug-likeness (QED) is 0.749. The summed E-state index contributed by atoms with van der Waals surface area (Å²) in [6.45, 7) is 5.41. The van der Waals surface area contributed by atoms with Crippen LogP contribution in [0.5, 0.6) is 0 Å². The van der Waals surface area contributed by atoms with E-state index in [2.05, 4.69) is 12.2 Å². The van der Waals surface area contributed by atoms with Crippen molar-refractivity contribution in [2.24, 2.45) is 0 Å². The zero-order valence-electron chi connectivity index (χ0n) is 11.5. The second-order valence-electron chi connectivity index (χ2n) is 5.40. The van der Waals surface area contributed by atoms with Gasteiger partial charge in [-0.3, -0.25) is 4.79 Å². The molecular formula is C14H26N2O2. The molecule has 1 atom stereocenters. The smallest absolute Gasteiger partial charge is 0.239 e. The fourth-order valence-corrected chi connectivity index (χ4v) is 2.85. The normalized spacial score (nSPS) is 25.3. The van der Waals surface area contributed by atoms with E-state index in [0.717, 1.165) is 32.5 Å². The number of carbonyl (C=O) groups excluding carboxylic acids is 1. The number of likely N-dealkylation sites (tertiary alicyclic amines) is 1. The SMILES string of the molecule is CCCNC1CCN(CCOC2CCCC2)C1=O. The van der Waals surface area contributed by atoms with Crippen LogP contribution in [0.1, 0.15) is 45.4 Å². The molecule has 4 nitrogen and oxygen atoms in total. The first-order valence-electron chi connectivity index (χ1n) is 7.45. The van der Waals surface area contributed by atoms with Gasteiger partial charge in [0.2, 0.25) is 5.91 Å². The lowest BCUT2D eigenvalue weighted by molar-refractivity contribution is -0.130. The fraction of sp³-hybridized carbons (Fsp3) is 0.929. The van der Waals surface area contributed by atoms with Crippen LogP contribution in [-0.4, -0.2) is 49.2 Å². The maximum Gasteiger partial charge on any atom is 0.239 e. The van der Waals surface area contributed by atoms with E-state index >= 15 is 0 Å². The number of nitrogens with one attached hydrogen (secondary N) is 1. The van der Waals surface area contributed by atoms with Crippen molar-refractivity contribution >= 4 is 5.91 Å². The minimum absolute atomic E-state index is 0.0523. The molecule has 4 heteroatoms. The van der Waals surface area contributed by atoms with E-state index in [0.29, 0.717) is 12.7 Å². The van der Waals surface area contributed by atoms with Gasteiger partial charge in [-0.2, -0.15) is 0 Å². The Balaban J connectivity index is 1.62. The molecule has 0 bridgehead atoms. The van der Waals surface area contributed by atoms with Crippen molar-refractivity contribution in [2.75, 3.05) is 26.2 Å². The predicted molar refractivity (Wildman–Crippen MR) is 71.5 cm³/mol. The fourth-order valence-electron chi connectivity index (χ4n) is 2.85. The summed E-state index contributed by atoms with van der Waals surface area (Å²) in [5.74, 6) is 0.262. The van der Waals surface area contributed by atoms with Gasteiger partial charge in [-0.05, 0) is 32.2 Å². The van der Waals surface area contributed by atoms with Crippen molar-refractivity contribution in [2.45, 2.75) is 57.6 Å². The topological polar surface area (TPSA) is 41.6 Å². The second-order valence-corrected chi connectivity index (χ2v) is 5.40. The van der Waals surface area contributed by atoms with E-state index in [1.54, 1.807) is 0 Å². The van der Waals surface area contributed by atoms with Gasteiger partial charge in [-0.25, -0.2) is 0 Å². The van der Waals surface area contributed by atoms with Gasteiger partial charge in [0.05, 0.1) is 18.8 Å². The van der Waals surface area contributed by atoms with Crippen molar-refractivity contribution in [1.29, 1.82) is 0 Å². The molecule has 2 rings (SSSR count). The number of ether oxygens (including phenoxy) is 1. The lowest BCUT2D eigenvalue weighted by atomic mass is 10.2. The first-order valence-corrected chi connectivity index (χ1v) is 7.45. The molecule has 1 unspecified atom stereocenters. The maximum atomic E-state index is 12.0. The number of hydrogen-bond donors (Lipinski definition) is 1. The van der Waals surface area contributed by atoms with E-state index in [1.807, 2.05) is 4.90 Å². The molecule has 104 valence electrons. The van der Waals surface area contributed by atoms with Crippen LogP contribution >= 0.6 is 0 Å². The first-order chi connectivity index (χ1) is 8.81. The molecule has 1 aliphatic carbocycles. The van der Waals surface area contributed by atoms with Gasteiger partial charge >= 0.3 is 0 Å². The summed E-state index contributed by atoms with van der Waals surface area (Å²) in [4.78, 5) is 14.0. The van der Waals surface area contributed by atoms with E-state index in [-0.39, 0.29) is 11.9 Å². The van der Waals surface area contributed by atoms with E-state index in [9.17, 15) is 4.79 Å². The van der Waals surface area contributed by atoms with Gasteiger partial charge in [0.25, 0.3) is 0 Å². The zero-order chi connectivity index (χ0) is 12.8. The third-order valence-electron chi connectivity index (χ3n) is 3.96. The van der Waals surface area contributed by atoms with Gasteiger partial charge in [0.15, 0.2) is 0 Å². The molecular weight excluding hydrogens is 228 g/mol. The van der Waals surface area contributed by atoms with Crippen molar-refractivity contribution in [1.82, 2.24) is 10.2 Å². The van der Waals surface area contributed by atoms with Crippen LogP contribution in [0, 0.1) is 0 Å². The molecule has 1 heterocycles. The molecule has 1 aliphatic heterocycles. The van der Waals surface area contributed by atoms with Crippen molar-refractivity contribution in [3.63, 3.8) is 0 Å². The van der Waals surface area contributed by atoms with Crippen LogP contribution in [0.2, 0.25) is 0 Å². The highest BCUT2D eigenvalue weighted by Gasteiger charge is 2.30. The number of amides is 1. The third kappa shape index (κ3) is 3.69. The van der Waals surface area contributed by atoms with Gasteiger partial charge in [-0.1, -0.05) is 19.8 Å². The Hall–Kier alpha value is -0.610. The summed E-state index contributed by atoms with van der Waals surface area (Å²) in [5, 5.41) is 3.31. The molecule has 1 amide bonds. The Labute approximate surface area is 110 Å². The average molecular weight is 254 g/mol. The molecule has 0 aromatic rings. The Morgan fingerprint density at radius 3 is 2.83 bits per heavy atom. The summed E-state index contributed by atoms with van der Waals surface area (Å²) in [6.07, 6.45) is 7.49. The van der Waals surface area contributed by atoms with Crippen LogP contribution in [0.4, 0.5) is 0 Å². The molecule has 1 saturated carbocycles. The largest absolute Gasteiger partial charge is 0.376 e. The van der Waals surface area contributed by atoms with E-state index < -0.39 is 0 Å². The van der Waals surface area contributed by atoms with Crippen LogP contribution in [-0.2, 0) is 9.53 Å². The molecule has 0 spiro atoms. The van der Waals surface area contributed by atoms with Gasteiger partial charge in [0, 0.05) is 13.1 Å². The standard InChI is InChI=1S/C14H26N2O2/c1-2-8-15-13-7-9-16(14(13)17)10-11-18-12-5-3-4-6-12/h12-13,15H,2-11H2,1H3. The maximum absolute atomic E-state index is 12.0. The van der Waals surface area contributed by atoms with Gasteiger partial charge < -0.3 is 15.0 Å². The lowest BCUT2D eigenvalue weighted by Gasteiger charge is -2.18. The molecule has 1 saturated heterocycles. The number of nitrogens with zero attached hydrogens (tertiary/aromatic N) is 1. The highest BCUT2D eigenvalue weighted by molar-refractivity contribution is 5.83. The minimum Gasteiger partial charge on any atom is -0.376 e. The molecule has 2 fully saturated rings. The molecule has 18 heavy (non-hydrogen) atoms. The van der Waals surface area contributed by atoms with Crippen LogP contribution in [0.3, 0.4) is 0 Å². The van der Waals surface area contributed by atoms with Gasteiger partial charge in [0.1, 0.15) is 0 Å². The lowest BCUT2D eigenvalue weighted by Crippen LogP contribution is -2.39. The molecule has 1 N–H and O–H groups in total. The average Bonchev–Trinajstić information content (AvgIpc) is 2.99. The highest BCUT2D eigenvalue weighted by Crippen LogP contribution is 2.21. The van der Waals surface area contributed by atoms with Crippen LogP contribution in [0.15, 0.2) is 0 Å². The third-order valence-corrected chi connectivity index (χ3v) is 3.96. The van der Waals surface area contributed by atoms with Crippen molar-refractivity contribution in [3.05, 3.63) is 0 Å². The predicted octanol–water partition coefficient (Wildman–Crippen LogP) is 1.55. The number of hydrogen-bond acceptors (Lipinski definition) is 3. The Bertz CT molecular complexity index is 265. The summed E-state index contributed by atoms with van der Waals surface area (Å²) in [5.41, 5.74) is 0. The monoisotopic (exact) mass is 254 g/mol. The highest BCUT2D eigenvalue weighted by atomic mass is 16.5. The van der Waals surface area contributed by atoms with Crippen LogP contribution < -0.4 is 5.32 Å². The van der Waals surface area contributed by atoms with Crippen molar-refractivity contribution < 1.29 is 9.53 Å². The summed E-state index contributed by atoms with van der Waals surface area (Å²) in [7, 11) is 0. The number of rotatable bonds is 7. The van der Waals surface area contributed by atoms with Crippen LogP contribution in [0.25, 0.3) is 0 Å². The summed E-state index contributed by atoms with van der Waals surface area (Å²) >= 11 is 0. The Morgan fingerprint density at radius 2 is 2.11 bits per heavy atom. The molecule has 2 aliphatic rings. The second kappa shape index (κ2) is 7.10.